The number of hydrogen-bond donors (Lipinski definition) is 2. The molecule has 0 atom stereocenters. The van der Waals surface area contributed by atoms with Gasteiger partial charge in [-0.25, -0.2) is 5.43 Å². The predicted octanol–water partition coefficient (Wildman–Crippen LogP) is 3.68. The molecule has 0 saturated heterocycles. The van der Waals surface area contributed by atoms with Gasteiger partial charge in [-0.3, -0.25) is 4.79 Å². The van der Waals surface area contributed by atoms with Crippen LogP contribution in [-0.2, 0) is 0 Å². The minimum atomic E-state index is -0.480. The maximum atomic E-state index is 11.9. The van der Waals surface area contributed by atoms with Crippen molar-refractivity contribution >= 4 is 44.0 Å². The fourth-order valence-corrected chi connectivity index (χ4v) is 2.24. The molecule has 0 aliphatic carbocycles. The zero-order chi connectivity index (χ0) is 14.5. The van der Waals surface area contributed by atoms with Crippen LogP contribution in [0.25, 0.3) is 0 Å². The van der Waals surface area contributed by atoms with E-state index in [1.807, 2.05) is 24.3 Å². The van der Waals surface area contributed by atoms with Gasteiger partial charge in [-0.1, -0.05) is 50.1 Å². The van der Waals surface area contributed by atoms with E-state index in [0.29, 0.717) is 4.47 Å². The summed E-state index contributed by atoms with van der Waals surface area (Å²) in [7, 11) is 0. The van der Waals surface area contributed by atoms with Gasteiger partial charge in [-0.15, -0.1) is 0 Å². The topological polar surface area (TPSA) is 61.7 Å². The SMILES string of the molecule is O=C(NN=Cc1ccccc1Br)c1cc(Br)ccc1O. The Hall–Kier alpha value is -1.66. The van der Waals surface area contributed by atoms with Crippen LogP contribution in [0.2, 0.25) is 0 Å². The number of rotatable bonds is 3. The molecule has 1 amide bonds. The van der Waals surface area contributed by atoms with E-state index in [-0.39, 0.29) is 11.3 Å². The number of carbonyl (C=O) groups excluding carboxylic acids is 1. The predicted molar refractivity (Wildman–Crippen MR) is 85.0 cm³/mol. The molecule has 0 heterocycles. The molecule has 0 unspecified atom stereocenters. The second-order valence-electron chi connectivity index (χ2n) is 3.88. The van der Waals surface area contributed by atoms with Gasteiger partial charge < -0.3 is 5.11 Å². The Morgan fingerprint density at radius 1 is 1.20 bits per heavy atom. The molecule has 102 valence electrons. The average Bonchev–Trinajstić information content (AvgIpc) is 2.43. The Bertz CT molecular complexity index is 672. The first kappa shape index (κ1) is 14.7. The number of nitrogens with zero attached hydrogens (tertiary/aromatic N) is 1. The van der Waals surface area contributed by atoms with Gasteiger partial charge in [-0.05, 0) is 24.3 Å². The van der Waals surface area contributed by atoms with Crippen LogP contribution in [0.15, 0.2) is 56.5 Å². The highest BCUT2D eigenvalue weighted by atomic mass is 79.9. The normalized spacial score (nSPS) is 10.7. The standard InChI is InChI=1S/C14H10Br2N2O2/c15-10-5-6-13(19)11(7-10)14(20)18-17-8-9-3-1-2-4-12(9)16/h1-8,19H,(H,18,20). The van der Waals surface area contributed by atoms with E-state index in [9.17, 15) is 9.90 Å². The van der Waals surface area contributed by atoms with Crippen molar-refractivity contribution in [3.05, 3.63) is 62.5 Å². The Morgan fingerprint density at radius 3 is 2.70 bits per heavy atom. The van der Waals surface area contributed by atoms with E-state index in [0.717, 1.165) is 10.0 Å². The summed E-state index contributed by atoms with van der Waals surface area (Å²) in [5, 5.41) is 13.5. The quantitative estimate of drug-likeness (QED) is 0.612. The van der Waals surface area contributed by atoms with Crippen molar-refractivity contribution in [1.82, 2.24) is 5.43 Å². The molecule has 20 heavy (non-hydrogen) atoms. The molecule has 0 bridgehead atoms. The van der Waals surface area contributed by atoms with Crippen molar-refractivity contribution < 1.29 is 9.90 Å². The lowest BCUT2D eigenvalue weighted by molar-refractivity contribution is 0.0952. The second kappa shape index (κ2) is 6.67. The van der Waals surface area contributed by atoms with Gasteiger partial charge in [0.25, 0.3) is 5.91 Å². The molecule has 2 N–H and O–H groups in total. The van der Waals surface area contributed by atoms with E-state index in [2.05, 4.69) is 42.4 Å². The van der Waals surface area contributed by atoms with Gasteiger partial charge in [0.15, 0.2) is 0 Å². The Balaban J connectivity index is 2.09. The molecule has 0 aliphatic heterocycles. The zero-order valence-corrected chi connectivity index (χ0v) is 13.3. The lowest BCUT2D eigenvalue weighted by Gasteiger charge is -2.03. The Labute approximate surface area is 132 Å². The molecule has 2 aromatic rings. The molecule has 2 aromatic carbocycles. The first-order chi connectivity index (χ1) is 9.58. The number of carbonyl (C=O) groups is 1. The fourth-order valence-electron chi connectivity index (χ4n) is 1.49. The minimum absolute atomic E-state index is 0.0956. The number of hydrogen-bond acceptors (Lipinski definition) is 3. The summed E-state index contributed by atoms with van der Waals surface area (Å²) in [6.45, 7) is 0. The van der Waals surface area contributed by atoms with Gasteiger partial charge in [-0.2, -0.15) is 5.10 Å². The highest BCUT2D eigenvalue weighted by molar-refractivity contribution is 9.10. The van der Waals surface area contributed by atoms with E-state index in [4.69, 9.17) is 0 Å². The first-order valence-electron chi connectivity index (χ1n) is 5.64. The third-order valence-electron chi connectivity index (χ3n) is 2.48. The second-order valence-corrected chi connectivity index (χ2v) is 5.65. The molecule has 0 radical (unpaired) electrons. The van der Waals surface area contributed by atoms with Crippen molar-refractivity contribution in [3.8, 4) is 5.75 Å². The monoisotopic (exact) mass is 396 g/mol. The van der Waals surface area contributed by atoms with Gasteiger partial charge >= 0.3 is 0 Å². The van der Waals surface area contributed by atoms with Crippen molar-refractivity contribution in [2.24, 2.45) is 5.10 Å². The van der Waals surface area contributed by atoms with Crippen molar-refractivity contribution in [1.29, 1.82) is 0 Å². The van der Waals surface area contributed by atoms with Gasteiger partial charge in [0.2, 0.25) is 0 Å². The zero-order valence-electron chi connectivity index (χ0n) is 10.2. The fraction of sp³-hybridized carbons (Fsp3) is 0. The van der Waals surface area contributed by atoms with Crippen LogP contribution >= 0.6 is 31.9 Å². The molecule has 2 rings (SSSR count). The van der Waals surface area contributed by atoms with E-state index < -0.39 is 5.91 Å². The number of amides is 1. The molecule has 0 aliphatic rings. The van der Waals surface area contributed by atoms with Gasteiger partial charge in [0.1, 0.15) is 5.75 Å². The summed E-state index contributed by atoms with van der Waals surface area (Å²) in [6, 6.07) is 12.1. The summed E-state index contributed by atoms with van der Waals surface area (Å²) in [5.41, 5.74) is 3.37. The van der Waals surface area contributed by atoms with Gasteiger partial charge in [0, 0.05) is 14.5 Å². The number of phenols is 1. The molecule has 0 fully saturated rings. The number of hydrazone groups is 1. The van der Waals surface area contributed by atoms with Crippen LogP contribution in [0, 0.1) is 0 Å². The van der Waals surface area contributed by atoms with Crippen LogP contribution < -0.4 is 5.43 Å². The average molecular weight is 398 g/mol. The summed E-state index contributed by atoms with van der Waals surface area (Å²) >= 11 is 6.62. The number of aromatic hydroxyl groups is 1. The molecule has 0 saturated carbocycles. The Morgan fingerprint density at radius 2 is 1.95 bits per heavy atom. The van der Waals surface area contributed by atoms with Crippen LogP contribution in [0.1, 0.15) is 15.9 Å². The van der Waals surface area contributed by atoms with E-state index >= 15 is 0 Å². The highest BCUT2D eigenvalue weighted by Crippen LogP contribution is 2.21. The Kier molecular flexibility index (Phi) is 4.92. The molecule has 0 spiro atoms. The minimum Gasteiger partial charge on any atom is -0.507 e. The summed E-state index contributed by atoms with van der Waals surface area (Å²) in [4.78, 5) is 11.9. The van der Waals surface area contributed by atoms with E-state index in [1.165, 1.54) is 18.3 Å². The summed E-state index contributed by atoms with van der Waals surface area (Å²) in [6.07, 6.45) is 1.52. The highest BCUT2D eigenvalue weighted by Gasteiger charge is 2.10. The smallest absolute Gasteiger partial charge is 0.275 e. The third-order valence-corrected chi connectivity index (χ3v) is 3.69. The van der Waals surface area contributed by atoms with Crippen LogP contribution in [0.4, 0.5) is 0 Å². The maximum absolute atomic E-state index is 11.9. The molecule has 6 heteroatoms. The van der Waals surface area contributed by atoms with Crippen LogP contribution in [0.3, 0.4) is 0 Å². The lowest BCUT2D eigenvalue weighted by atomic mass is 10.2. The molecular formula is C14H10Br2N2O2. The first-order valence-corrected chi connectivity index (χ1v) is 7.23. The lowest BCUT2D eigenvalue weighted by Crippen LogP contribution is -2.17. The molecule has 4 nitrogen and oxygen atoms in total. The van der Waals surface area contributed by atoms with Crippen molar-refractivity contribution in [2.75, 3.05) is 0 Å². The largest absolute Gasteiger partial charge is 0.507 e. The summed E-state index contributed by atoms with van der Waals surface area (Å²) in [5.74, 6) is -0.575. The van der Waals surface area contributed by atoms with Crippen LogP contribution in [0.5, 0.6) is 5.75 Å². The number of phenolic OH excluding ortho intramolecular Hbond substituents is 1. The number of benzene rings is 2. The van der Waals surface area contributed by atoms with Gasteiger partial charge in [0.05, 0.1) is 11.8 Å². The molecular weight excluding hydrogens is 388 g/mol. The number of halogens is 2. The number of nitrogens with one attached hydrogen (secondary N) is 1. The summed E-state index contributed by atoms with van der Waals surface area (Å²) < 4.78 is 1.58. The van der Waals surface area contributed by atoms with Crippen molar-refractivity contribution in [2.45, 2.75) is 0 Å². The molecule has 0 aromatic heterocycles. The maximum Gasteiger partial charge on any atom is 0.275 e. The van der Waals surface area contributed by atoms with E-state index in [1.54, 1.807) is 6.07 Å². The van der Waals surface area contributed by atoms with Crippen molar-refractivity contribution in [3.63, 3.8) is 0 Å². The third kappa shape index (κ3) is 3.68. The van der Waals surface area contributed by atoms with Crippen LogP contribution in [-0.4, -0.2) is 17.2 Å².